The molecule has 3 N–H and O–H groups in total. The van der Waals surface area contributed by atoms with E-state index in [-0.39, 0.29) is 0 Å². The Morgan fingerprint density at radius 1 is 1.21 bits per heavy atom. The van der Waals surface area contributed by atoms with Crippen molar-refractivity contribution in [2.45, 2.75) is 45.4 Å². The van der Waals surface area contributed by atoms with E-state index in [1.807, 2.05) is 18.2 Å². The summed E-state index contributed by atoms with van der Waals surface area (Å²) in [7, 11) is 0. The Bertz CT molecular complexity index is 407. The van der Waals surface area contributed by atoms with Gasteiger partial charge in [-0.3, -0.25) is 0 Å². The molecule has 2 nitrogen and oxygen atoms in total. The third kappa shape index (κ3) is 5.79. The van der Waals surface area contributed by atoms with E-state index in [9.17, 15) is 0 Å². The number of nitrogens with two attached hydrogens (primary N) is 1. The lowest BCUT2D eigenvalue weighted by molar-refractivity contribution is 0.617. The molecule has 0 saturated heterocycles. The van der Waals surface area contributed by atoms with Gasteiger partial charge in [0.05, 0.1) is 10.6 Å². The van der Waals surface area contributed by atoms with Crippen molar-refractivity contribution in [3.05, 3.63) is 28.8 Å². The van der Waals surface area contributed by atoms with E-state index in [0.717, 1.165) is 24.2 Å². The lowest BCUT2D eigenvalue weighted by Crippen LogP contribution is -2.14. The lowest BCUT2D eigenvalue weighted by Gasteiger charge is -2.12. The van der Waals surface area contributed by atoms with Gasteiger partial charge in [0.15, 0.2) is 0 Å². The smallest absolute Gasteiger partial charge is 0.107 e. The molecule has 0 aliphatic heterocycles. The summed E-state index contributed by atoms with van der Waals surface area (Å²) in [5.74, 6) is 0. The number of benzene rings is 1. The lowest BCUT2D eigenvalue weighted by atomic mass is 10.1. The summed E-state index contributed by atoms with van der Waals surface area (Å²) in [4.78, 5) is 0.344. The average Bonchev–Trinajstić information content (AvgIpc) is 2.37. The molecule has 0 aromatic heterocycles. The third-order valence-electron chi connectivity index (χ3n) is 3.11. The maximum atomic E-state index is 6.11. The molecule has 0 atom stereocenters. The highest BCUT2D eigenvalue weighted by Gasteiger charge is 2.08. The second kappa shape index (κ2) is 9.16. The fraction of sp³-hybridized carbons (Fsp3) is 0.533. The number of thiocarbonyl (C=S) groups is 1. The van der Waals surface area contributed by atoms with E-state index in [1.165, 1.54) is 32.1 Å². The Labute approximate surface area is 126 Å². The molecule has 0 aliphatic carbocycles. The largest absolute Gasteiger partial charge is 0.389 e. The number of unbranched alkanes of at least 4 members (excludes halogenated alkanes) is 5. The second-order valence-corrected chi connectivity index (χ2v) is 5.57. The highest BCUT2D eigenvalue weighted by Crippen LogP contribution is 2.24. The molecule has 106 valence electrons. The average molecular weight is 299 g/mol. The van der Waals surface area contributed by atoms with Gasteiger partial charge in [-0.15, -0.1) is 0 Å². The van der Waals surface area contributed by atoms with Crippen LogP contribution in [0.15, 0.2) is 18.2 Å². The molecule has 19 heavy (non-hydrogen) atoms. The number of anilines is 1. The molecule has 4 heteroatoms. The second-order valence-electron chi connectivity index (χ2n) is 4.72. The van der Waals surface area contributed by atoms with Crippen LogP contribution in [0.4, 0.5) is 5.69 Å². The molecule has 0 bridgehead atoms. The van der Waals surface area contributed by atoms with Crippen LogP contribution in [0.25, 0.3) is 0 Å². The summed E-state index contributed by atoms with van der Waals surface area (Å²) in [5, 5.41) is 3.99. The molecular weight excluding hydrogens is 276 g/mol. The maximum absolute atomic E-state index is 6.11. The molecule has 0 fully saturated rings. The van der Waals surface area contributed by atoms with Gasteiger partial charge >= 0.3 is 0 Å². The number of halogens is 1. The van der Waals surface area contributed by atoms with Crippen molar-refractivity contribution in [3.63, 3.8) is 0 Å². The van der Waals surface area contributed by atoms with Gasteiger partial charge in [-0.05, 0) is 18.6 Å². The molecule has 0 spiro atoms. The van der Waals surface area contributed by atoms with E-state index >= 15 is 0 Å². The van der Waals surface area contributed by atoms with Crippen LogP contribution < -0.4 is 11.1 Å². The molecule has 1 aromatic rings. The van der Waals surface area contributed by atoms with E-state index < -0.39 is 0 Å². The fourth-order valence-electron chi connectivity index (χ4n) is 2.05. The normalized spacial score (nSPS) is 10.4. The SMILES string of the molecule is CCCCCCCCNc1cccc(Cl)c1C(N)=S. The molecule has 1 aromatic carbocycles. The molecule has 0 unspecified atom stereocenters. The maximum Gasteiger partial charge on any atom is 0.107 e. The summed E-state index contributed by atoms with van der Waals surface area (Å²) >= 11 is 11.2. The molecular formula is C15H23ClN2S. The molecule has 0 saturated carbocycles. The molecule has 0 aliphatic rings. The predicted molar refractivity (Wildman–Crippen MR) is 89.2 cm³/mol. The molecule has 0 amide bonds. The van der Waals surface area contributed by atoms with Gasteiger partial charge in [-0.1, -0.05) is 68.9 Å². The van der Waals surface area contributed by atoms with Gasteiger partial charge in [0, 0.05) is 12.2 Å². The Balaban J connectivity index is 2.37. The highest BCUT2D eigenvalue weighted by molar-refractivity contribution is 7.80. The number of rotatable bonds is 9. The standard InChI is InChI=1S/C15H23ClN2S/c1-2-3-4-5-6-7-11-18-13-10-8-9-12(16)14(13)15(17)19/h8-10,18H,2-7,11H2,1H3,(H2,17,19). The first-order valence-corrected chi connectivity index (χ1v) is 7.77. The van der Waals surface area contributed by atoms with Crippen LogP contribution in [-0.4, -0.2) is 11.5 Å². The van der Waals surface area contributed by atoms with Crippen LogP contribution in [0.2, 0.25) is 5.02 Å². The van der Waals surface area contributed by atoms with E-state index in [4.69, 9.17) is 29.6 Å². The third-order valence-corrected chi connectivity index (χ3v) is 3.62. The summed E-state index contributed by atoms with van der Waals surface area (Å²) < 4.78 is 0. The zero-order chi connectivity index (χ0) is 14.1. The Morgan fingerprint density at radius 2 is 1.89 bits per heavy atom. The molecule has 0 radical (unpaired) electrons. The van der Waals surface area contributed by atoms with Crippen LogP contribution in [0.5, 0.6) is 0 Å². The van der Waals surface area contributed by atoms with Crippen LogP contribution >= 0.6 is 23.8 Å². The first kappa shape index (κ1) is 16.3. The summed E-state index contributed by atoms with van der Waals surface area (Å²) in [6.07, 6.45) is 7.70. The van der Waals surface area contributed by atoms with Gasteiger partial charge in [-0.25, -0.2) is 0 Å². The van der Waals surface area contributed by atoms with Crippen molar-refractivity contribution in [1.29, 1.82) is 0 Å². The Morgan fingerprint density at radius 3 is 2.58 bits per heavy atom. The van der Waals surface area contributed by atoms with Crippen LogP contribution in [0, 0.1) is 0 Å². The molecule has 1 rings (SSSR count). The van der Waals surface area contributed by atoms with E-state index in [2.05, 4.69) is 12.2 Å². The number of hydrogen-bond acceptors (Lipinski definition) is 2. The summed E-state index contributed by atoms with van der Waals surface area (Å²) in [6, 6.07) is 5.69. The molecule has 0 heterocycles. The quantitative estimate of drug-likeness (QED) is 0.510. The van der Waals surface area contributed by atoms with Crippen LogP contribution in [0.3, 0.4) is 0 Å². The summed E-state index contributed by atoms with van der Waals surface area (Å²) in [6.45, 7) is 3.17. The zero-order valence-electron chi connectivity index (χ0n) is 11.5. The van der Waals surface area contributed by atoms with Crippen LogP contribution in [-0.2, 0) is 0 Å². The van der Waals surface area contributed by atoms with Crippen molar-refractivity contribution < 1.29 is 0 Å². The van der Waals surface area contributed by atoms with Crippen LogP contribution in [0.1, 0.15) is 51.0 Å². The van der Waals surface area contributed by atoms with Crippen molar-refractivity contribution in [1.82, 2.24) is 0 Å². The van der Waals surface area contributed by atoms with Crippen molar-refractivity contribution in [2.24, 2.45) is 5.73 Å². The minimum absolute atomic E-state index is 0.344. The van der Waals surface area contributed by atoms with E-state index in [1.54, 1.807) is 0 Å². The Hall–Kier alpha value is -0.800. The van der Waals surface area contributed by atoms with Gasteiger partial charge in [-0.2, -0.15) is 0 Å². The topological polar surface area (TPSA) is 38.0 Å². The minimum atomic E-state index is 0.344. The first-order chi connectivity index (χ1) is 9.16. The van der Waals surface area contributed by atoms with Crippen molar-refractivity contribution in [2.75, 3.05) is 11.9 Å². The minimum Gasteiger partial charge on any atom is -0.389 e. The zero-order valence-corrected chi connectivity index (χ0v) is 13.1. The fourth-order valence-corrected chi connectivity index (χ4v) is 2.60. The Kier molecular flexibility index (Phi) is 7.84. The monoisotopic (exact) mass is 298 g/mol. The highest BCUT2D eigenvalue weighted by atomic mass is 35.5. The van der Waals surface area contributed by atoms with Gasteiger partial charge in [0.25, 0.3) is 0 Å². The van der Waals surface area contributed by atoms with Crippen molar-refractivity contribution >= 4 is 34.5 Å². The van der Waals surface area contributed by atoms with Gasteiger partial charge in [0.1, 0.15) is 4.99 Å². The van der Waals surface area contributed by atoms with Crippen molar-refractivity contribution in [3.8, 4) is 0 Å². The summed E-state index contributed by atoms with van der Waals surface area (Å²) in [5.41, 5.74) is 7.40. The number of hydrogen-bond donors (Lipinski definition) is 2. The van der Waals surface area contributed by atoms with E-state index in [0.29, 0.717) is 10.0 Å². The van der Waals surface area contributed by atoms with Gasteiger partial charge in [0.2, 0.25) is 0 Å². The predicted octanol–water partition coefficient (Wildman–Crippen LogP) is 4.75. The van der Waals surface area contributed by atoms with Gasteiger partial charge < -0.3 is 11.1 Å². The number of nitrogens with one attached hydrogen (secondary N) is 1. The first-order valence-electron chi connectivity index (χ1n) is 6.99.